The van der Waals surface area contributed by atoms with E-state index < -0.39 is 33.8 Å². The molecule has 2 aromatic carbocycles. The first-order valence-electron chi connectivity index (χ1n) is 8.67. The van der Waals surface area contributed by atoms with Crippen molar-refractivity contribution in [3.8, 4) is 0 Å². The van der Waals surface area contributed by atoms with Crippen LogP contribution in [-0.2, 0) is 21.2 Å². The molecule has 0 bridgehead atoms. The molecule has 2 aromatic heterocycles. The standard InChI is InChI=1S/C19H14FN5O4S/c20-13-6-8-14(9-7-13)21-17(26)12-24-19(27)25-16(22-24)10-11-18(23-25)30(28,29)15-4-2-1-3-5-15/h1-11H,12H2,(H,21,26). The molecule has 0 radical (unpaired) electrons. The van der Waals surface area contributed by atoms with Gasteiger partial charge in [0, 0.05) is 5.69 Å². The minimum absolute atomic E-state index is 0.0379. The molecule has 4 rings (SSSR count). The molecule has 4 aromatic rings. The van der Waals surface area contributed by atoms with Gasteiger partial charge in [-0.3, -0.25) is 4.79 Å². The van der Waals surface area contributed by atoms with Gasteiger partial charge in [-0.1, -0.05) is 18.2 Å². The van der Waals surface area contributed by atoms with Gasteiger partial charge in [0.15, 0.2) is 10.7 Å². The molecule has 0 spiro atoms. The maximum Gasteiger partial charge on any atom is 0.367 e. The van der Waals surface area contributed by atoms with Crippen LogP contribution >= 0.6 is 0 Å². The predicted octanol–water partition coefficient (Wildman–Crippen LogP) is 1.50. The summed E-state index contributed by atoms with van der Waals surface area (Å²) in [5.74, 6) is -1.01. The van der Waals surface area contributed by atoms with Crippen molar-refractivity contribution < 1.29 is 17.6 Å². The first kappa shape index (κ1) is 19.5. The molecule has 0 atom stereocenters. The summed E-state index contributed by atoms with van der Waals surface area (Å²) in [6, 6.07) is 15.4. The average molecular weight is 427 g/mol. The maximum atomic E-state index is 12.9. The van der Waals surface area contributed by atoms with Crippen molar-refractivity contribution in [3.63, 3.8) is 0 Å². The molecule has 152 valence electrons. The number of halogens is 1. The second kappa shape index (κ2) is 7.52. The number of aromatic nitrogens is 4. The molecule has 2 heterocycles. The highest BCUT2D eigenvalue weighted by Gasteiger charge is 2.21. The second-order valence-electron chi connectivity index (χ2n) is 6.25. The summed E-state index contributed by atoms with van der Waals surface area (Å²) in [7, 11) is -3.92. The number of nitrogens with one attached hydrogen (secondary N) is 1. The van der Waals surface area contributed by atoms with E-state index in [1.807, 2.05) is 0 Å². The monoisotopic (exact) mass is 427 g/mol. The molecule has 0 saturated carbocycles. The lowest BCUT2D eigenvalue weighted by Gasteiger charge is -2.04. The van der Waals surface area contributed by atoms with Gasteiger partial charge in [0.2, 0.25) is 15.7 Å². The molecule has 0 aliphatic carbocycles. The Balaban J connectivity index is 1.62. The number of benzene rings is 2. The molecule has 0 fully saturated rings. The Morgan fingerprint density at radius 2 is 1.67 bits per heavy atom. The quantitative estimate of drug-likeness (QED) is 0.516. The Kier molecular flexibility index (Phi) is 4.88. The number of hydrogen-bond acceptors (Lipinski definition) is 6. The van der Waals surface area contributed by atoms with E-state index in [0.717, 1.165) is 9.20 Å². The molecular formula is C19H14FN5O4S. The molecule has 0 unspecified atom stereocenters. The Hall–Kier alpha value is -3.86. The van der Waals surface area contributed by atoms with Gasteiger partial charge in [-0.05, 0) is 48.5 Å². The molecule has 0 aliphatic heterocycles. The zero-order chi connectivity index (χ0) is 21.3. The zero-order valence-corrected chi connectivity index (χ0v) is 16.1. The summed E-state index contributed by atoms with van der Waals surface area (Å²) < 4.78 is 40.0. The van der Waals surface area contributed by atoms with Crippen LogP contribution in [0, 0.1) is 5.82 Å². The van der Waals surface area contributed by atoms with E-state index in [4.69, 9.17) is 0 Å². The van der Waals surface area contributed by atoms with E-state index in [1.165, 1.54) is 48.5 Å². The number of anilines is 1. The Morgan fingerprint density at radius 3 is 2.37 bits per heavy atom. The Labute approximate surface area is 169 Å². The molecule has 11 heteroatoms. The van der Waals surface area contributed by atoms with Crippen molar-refractivity contribution in [2.24, 2.45) is 0 Å². The third-order valence-corrected chi connectivity index (χ3v) is 5.83. The number of nitrogens with zero attached hydrogens (tertiary/aromatic N) is 4. The maximum absolute atomic E-state index is 12.9. The lowest BCUT2D eigenvalue weighted by molar-refractivity contribution is -0.117. The highest BCUT2D eigenvalue weighted by atomic mass is 32.2. The van der Waals surface area contributed by atoms with Crippen molar-refractivity contribution in [1.29, 1.82) is 0 Å². The van der Waals surface area contributed by atoms with Crippen molar-refractivity contribution in [2.45, 2.75) is 16.5 Å². The number of carbonyl (C=O) groups excluding carboxylic acids is 1. The third-order valence-electron chi connectivity index (χ3n) is 4.17. The average Bonchev–Trinajstić information content (AvgIpc) is 3.05. The van der Waals surface area contributed by atoms with Crippen LogP contribution in [0.25, 0.3) is 5.65 Å². The van der Waals surface area contributed by atoms with Crippen LogP contribution in [0.5, 0.6) is 0 Å². The van der Waals surface area contributed by atoms with Crippen LogP contribution in [0.3, 0.4) is 0 Å². The fourth-order valence-corrected chi connectivity index (χ4v) is 3.92. The van der Waals surface area contributed by atoms with E-state index in [0.29, 0.717) is 5.69 Å². The fraction of sp³-hybridized carbons (Fsp3) is 0.0526. The van der Waals surface area contributed by atoms with Gasteiger partial charge in [-0.15, -0.1) is 10.2 Å². The molecular weight excluding hydrogens is 413 g/mol. The first-order chi connectivity index (χ1) is 14.3. The van der Waals surface area contributed by atoms with E-state index in [9.17, 15) is 22.4 Å². The SMILES string of the molecule is O=C(Cn1nc2ccc(S(=O)(=O)c3ccccc3)nn2c1=O)Nc1ccc(F)cc1. The fourth-order valence-electron chi connectivity index (χ4n) is 2.73. The molecule has 0 saturated heterocycles. The smallest absolute Gasteiger partial charge is 0.324 e. The van der Waals surface area contributed by atoms with E-state index >= 15 is 0 Å². The minimum atomic E-state index is -3.92. The van der Waals surface area contributed by atoms with Crippen molar-refractivity contribution >= 4 is 27.1 Å². The van der Waals surface area contributed by atoms with Crippen LogP contribution < -0.4 is 11.0 Å². The van der Waals surface area contributed by atoms with Crippen LogP contribution in [0.15, 0.2) is 81.4 Å². The van der Waals surface area contributed by atoms with Crippen LogP contribution in [0.2, 0.25) is 0 Å². The molecule has 9 nitrogen and oxygen atoms in total. The summed E-state index contributed by atoms with van der Waals surface area (Å²) >= 11 is 0. The van der Waals surface area contributed by atoms with E-state index in [1.54, 1.807) is 18.2 Å². The summed E-state index contributed by atoms with van der Waals surface area (Å²) in [5, 5.41) is 10.1. The highest BCUT2D eigenvalue weighted by Crippen LogP contribution is 2.18. The van der Waals surface area contributed by atoms with Gasteiger partial charge in [0.1, 0.15) is 12.4 Å². The summed E-state index contributed by atoms with van der Waals surface area (Å²) in [4.78, 5) is 24.8. The van der Waals surface area contributed by atoms with Crippen molar-refractivity contribution in [3.05, 3.63) is 83.0 Å². The van der Waals surface area contributed by atoms with Crippen molar-refractivity contribution in [2.75, 3.05) is 5.32 Å². The summed E-state index contributed by atoms with van der Waals surface area (Å²) in [5.41, 5.74) is -0.335. The van der Waals surface area contributed by atoms with Crippen molar-refractivity contribution in [1.82, 2.24) is 19.4 Å². The summed E-state index contributed by atoms with van der Waals surface area (Å²) in [6.45, 7) is -0.430. The number of carbonyl (C=O) groups is 1. The second-order valence-corrected chi connectivity index (χ2v) is 8.15. The van der Waals surface area contributed by atoms with Crippen LogP contribution in [-0.4, -0.2) is 33.7 Å². The topological polar surface area (TPSA) is 115 Å². The normalized spacial score (nSPS) is 11.5. The van der Waals surface area contributed by atoms with Crippen LogP contribution in [0.4, 0.5) is 10.1 Å². The minimum Gasteiger partial charge on any atom is -0.324 e. The van der Waals surface area contributed by atoms with Gasteiger partial charge in [0.05, 0.1) is 4.90 Å². The number of sulfone groups is 1. The molecule has 1 N–H and O–H groups in total. The zero-order valence-electron chi connectivity index (χ0n) is 15.3. The first-order valence-corrected chi connectivity index (χ1v) is 10.2. The van der Waals surface area contributed by atoms with E-state index in [-0.39, 0.29) is 15.6 Å². The Morgan fingerprint density at radius 1 is 0.967 bits per heavy atom. The van der Waals surface area contributed by atoms with Gasteiger partial charge in [0.25, 0.3) is 0 Å². The van der Waals surface area contributed by atoms with E-state index in [2.05, 4.69) is 15.5 Å². The molecule has 30 heavy (non-hydrogen) atoms. The molecule has 0 aliphatic rings. The van der Waals surface area contributed by atoms with Gasteiger partial charge in [-0.2, -0.15) is 4.52 Å². The van der Waals surface area contributed by atoms with Gasteiger partial charge >= 0.3 is 5.69 Å². The Bertz CT molecular complexity index is 1400. The lowest BCUT2D eigenvalue weighted by Crippen LogP contribution is -2.29. The number of rotatable bonds is 5. The van der Waals surface area contributed by atoms with Crippen LogP contribution in [0.1, 0.15) is 0 Å². The molecule has 1 amide bonds. The summed E-state index contributed by atoms with van der Waals surface area (Å²) in [6.07, 6.45) is 0. The van der Waals surface area contributed by atoms with Gasteiger partial charge < -0.3 is 5.32 Å². The number of amides is 1. The predicted molar refractivity (Wildman–Crippen MR) is 104 cm³/mol. The largest absolute Gasteiger partial charge is 0.367 e. The third kappa shape index (κ3) is 3.70. The highest BCUT2D eigenvalue weighted by molar-refractivity contribution is 7.91. The van der Waals surface area contributed by atoms with Gasteiger partial charge in [-0.25, -0.2) is 22.3 Å². The number of fused-ring (bicyclic) bond motifs is 1. The number of hydrogen-bond donors (Lipinski definition) is 1. The lowest BCUT2D eigenvalue weighted by atomic mass is 10.3.